The minimum absolute atomic E-state index is 0.193. The number of carbonyl (C=O) groups excluding carboxylic acids is 3. The average Bonchev–Trinajstić information content (AvgIpc) is 3.18. The number of benzene rings is 1. The van der Waals surface area contributed by atoms with E-state index in [2.05, 4.69) is 10.6 Å². The van der Waals surface area contributed by atoms with Gasteiger partial charge in [0.15, 0.2) is 0 Å². The quantitative estimate of drug-likeness (QED) is 0.733. The van der Waals surface area contributed by atoms with E-state index in [0.717, 1.165) is 5.75 Å². The summed E-state index contributed by atoms with van der Waals surface area (Å²) in [7, 11) is 0. The zero-order chi connectivity index (χ0) is 20.4. The number of nitrogens with one attached hydrogen (secondary N) is 2. The molecule has 8 heteroatoms. The number of nitrogens with zero attached hydrogens (tertiary/aromatic N) is 1. The Hall–Kier alpha value is -1.57. The molecule has 1 spiro atoms. The summed E-state index contributed by atoms with van der Waals surface area (Å²) in [4.78, 5) is 41.4. The number of thioether (sulfide) groups is 1. The standard InChI is InChI=1S/C20H24ClN3O3S/c1-19(2,3)24-16(25)14-13(7-8-28-4)23-20(15(14)17(24)26)11-9-10(21)5-6-12(11)22-18(20)27/h5-6,9,13-15,23H,7-8H2,1-4H3,(H,22,27)/t13-,14-,15-,20+/m1/s1. The van der Waals surface area contributed by atoms with Crippen molar-refractivity contribution in [1.82, 2.24) is 10.2 Å². The first kappa shape index (κ1) is 19.7. The van der Waals surface area contributed by atoms with Crippen LogP contribution in [-0.2, 0) is 19.9 Å². The molecule has 4 atom stereocenters. The van der Waals surface area contributed by atoms with Crippen LogP contribution in [0.5, 0.6) is 0 Å². The van der Waals surface area contributed by atoms with Gasteiger partial charge in [-0.15, -0.1) is 0 Å². The molecule has 2 fully saturated rings. The van der Waals surface area contributed by atoms with E-state index in [9.17, 15) is 14.4 Å². The predicted molar refractivity (Wildman–Crippen MR) is 110 cm³/mol. The van der Waals surface area contributed by atoms with Crippen molar-refractivity contribution in [2.75, 3.05) is 17.3 Å². The summed E-state index contributed by atoms with van der Waals surface area (Å²) in [6, 6.07) is 4.93. The fraction of sp³-hybridized carbons (Fsp3) is 0.550. The van der Waals surface area contributed by atoms with Crippen molar-refractivity contribution in [2.45, 2.75) is 44.3 Å². The van der Waals surface area contributed by atoms with E-state index in [1.807, 2.05) is 27.0 Å². The number of imide groups is 1. The molecule has 1 aromatic rings. The third-order valence-electron chi connectivity index (χ3n) is 5.98. The second-order valence-electron chi connectivity index (χ2n) is 8.67. The largest absolute Gasteiger partial charge is 0.324 e. The van der Waals surface area contributed by atoms with Crippen LogP contribution in [0.15, 0.2) is 18.2 Å². The summed E-state index contributed by atoms with van der Waals surface area (Å²) in [5, 5.41) is 6.80. The molecule has 0 aliphatic carbocycles. The molecule has 4 rings (SSSR count). The van der Waals surface area contributed by atoms with Gasteiger partial charge in [-0.3, -0.25) is 24.6 Å². The number of likely N-dealkylation sites (tertiary alicyclic amines) is 1. The highest BCUT2D eigenvalue weighted by molar-refractivity contribution is 7.98. The molecule has 6 nitrogen and oxygen atoms in total. The van der Waals surface area contributed by atoms with Crippen LogP contribution in [0.2, 0.25) is 5.02 Å². The Labute approximate surface area is 173 Å². The lowest BCUT2D eigenvalue weighted by atomic mass is 9.76. The molecular formula is C20H24ClN3O3S. The van der Waals surface area contributed by atoms with Gasteiger partial charge in [-0.2, -0.15) is 11.8 Å². The topological polar surface area (TPSA) is 78.5 Å². The third kappa shape index (κ3) is 2.56. The summed E-state index contributed by atoms with van der Waals surface area (Å²) < 4.78 is 0. The molecule has 28 heavy (non-hydrogen) atoms. The van der Waals surface area contributed by atoms with Gasteiger partial charge in [0.25, 0.3) is 0 Å². The Balaban J connectivity index is 1.89. The predicted octanol–water partition coefficient (Wildman–Crippen LogP) is 2.61. The number of anilines is 1. The van der Waals surface area contributed by atoms with Gasteiger partial charge < -0.3 is 5.32 Å². The van der Waals surface area contributed by atoms with E-state index in [1.165, 1.54) is 4.90 Å². The number of hydrogen-bond acceptors (Lipinski definition) is 5. The van der Waals surface area contributed by atoms with Gasteiger partial charge in [0.05, 0.1) is 11.8 Å². The minimum Gasteiger partial charge on any atom is -0.324 e. The van der Waals surface area contributed by atoms with Crippen molar-refractivity contribution in [2.24, 2.45) is 11.8 Å². The number of rotatable bonds is 3. The van der Waals surface area contributed by atoms with Crippen molar-refractivity contribution >= 4 is 46.8 Å². The molecule has 0 radical (unpaired) electrons. The number of carbonyl (C=O) groups is 3. The second-order valence-corrected chi connectivity index (χ2v) is 10.1. The number of halogens is 1. The number of fused-ring (bicyclic) bond motifs is 4. The maximum atomic E-state index is 13.5. The number of amides is 3. The Bertz CT molecular complexity index is 884. The monoisotopic (exact) mass is 421 g/mol. The first-order valence-corrected chi connectivity index (χ1v) is 11.2. The number of hydrogen-bond donors (Lipinski definition) is 2. The molecule has 2 saturated heterocycles. The van der Waals surface area contributed by atoms with Gasteiger partial charge in [-0.05, 0) is 57.4 Å². The first-order chi connectivity index (χ1) is 13.1. The van der Waals surface area contributed by atoms with Crippen molar-refractivity contribution in [1.29, 1.82) is 0 Å². The molecular weight excluding hydrogens is 398 g/mol. The summed E-state index contributed by atoms with van der Waals surface area (Å²) in [6.07, 6.45) is 2.70. The first-order valence-electron chi connectivity index (χ1n) is 9.39. The van der Waals surface area contributed by atoms with E-state index in [0.29, 0.717) is 22.7 Å². The summed E-state index contributed by atoms with van der Waals surface area (Å²) in [6.45, 7) is 5.54. The lowest BCUT2D eigenvalue weighted by Crippen LogP contribution is -2.55. The zero-order valence-corrected chi connectivity index (χ0v) is 17.9. The fourth-order valence-electron chi connectivity index (χ4n) is 4.93. The lowest BCUT2D eigenvalue weighted by Gasteiger charge is -2.34. The summed E-state index contributed by atoms with van der Waals surface area (Å²) in [5.74, 6) is -1.27. The van der Waals surface area contributed by atoms with Crippen LogP contribution in [-0.4, -0.2) is 46.2 Å². The molecule has 2 N–H and O–H groups in total. The van der Waals surface area contributed by atoms with Crippen LogP contribution in [0.3, 0.4) is 0 Å². The van der Waals surface area contributed by atoms with Gasteiger partial charge in [-0.25, -0.2) is 0 Å². The van der Waals surface area contributed by atoms with Gasteiger partial charge in [0.1, 0.15) is 5.54 Å². The van der Waals surface area contributed by atoms with Crippen LogP contribution >= 0.6 is 23.4 Å². The molecule has 0 saturated carbocycles. The molecule has 0 bridgehead atoms. The van der Waals surface area contributed by atoms with Crippen LogP contribution in [0, 0.1) is 11.8 Å². The normalized spacial score (nSPS) is 31.5. The maximum absolute atomic E-state index is 13.5. The van der Waals surface area contributed by atoms with Crippen molar-refractivity contribution in [3.63, 3.8) is 0 Å². The van der Waals surface area contributed by atoms with Crippen LogP contribution in [0.4, 0.5) is 5.69 Å². The minimum atomic E-state index is -1.26. The van der Waals surface area contributed by atoms with Gasteiger partial charge in [0, 0.05) is 27.9 Å². The molecule has 0 aromatic heterocycles. The Morgan fingerprint density at radius 3 is 2.57 bits per heavy atom. The van der Waals surface area contributed by atoms with Crippen molar-refractivity contribution in [3.8, 4) is 0 Å². The van der Waals surface area contributed by atoms with E-state index >= 15 is 0 Å². The smallest absolute Gasteiger partial charge is 0.250 e. The molecule has 3 heterocycles. The molecule has 0 unspecified atom stereocenters. The summed E-state index contributed by atoms with van der Waals surface area (Å²) >= 11 is 7.91. The Kier molecular flexibility index (Phi) is 4.56. The molecule has 3 aliphatic heterocycles. The van der Waals surface area contributed by atoms with E-state index in [4.69, 9.17) is 11.6 Å². The Morgan fingerprint density at radius 2 is 1.93 bits per heavy atom. The van der Waals surface area contributed by atoms with Crippen LogP contribution in [0.25, 0.3) is 0 Å². The highest BCUT2D eigenvalue weighted by Gasteiger charge is 2.71. The van der Waals surface area contributed by atoms with E-state index in [1.54, 1.807) is 30.0 Å². The highest BCUT2D eigenvalue weighted by Crippen LogP contribution is 2.54. The molecule has 3 amide bonds. The average molecular weight is 422 g/mol. The van der Waals surface area contributed by atoms with Crippen molar-refractivity contribution < 1.29 is 14.4 Å². The van der Waals surface area contributed by atoms with Gasteiger partial charge in [-0.1, -0.05) is 11.6 Å². The van der Waals surface area contributed by atoms with Crippen LogP contribution < -0.4 is 10.6 Å². The van der Waals surface area contributed by atoms with E-state index in [-0.39, 0.29) is 23.8 Å². The molecule has 3 aliphatic rings. The highest BCUT2D eigenvalue weighted by atomic mass is 35.5. The van der Waals surface area contributed by atoms with E-state index < -0.39 is 22.9 Å². The van der Waals surface area contributed by atoms with Crippen molar-refractivity contribution in [3.05, 3.63) is 28.8 Å². The van der Waals surface area contributed by atoms with Gasteiger partial charge >= 0.3 is 0 Å². The molecule has 1 aromatic carbocycles. The SMILES string of the molecule is CSCC[C@H]1N[C@]2(C(=O)Nc3ccc(Cl)cc32)[C@H]2C(=O)N(C(C)(C)C)C(=O)[C@H]12. The zero-order valence-electron chi connectivity index (χ0n) is 16.3. The Morgan fingerprint density at radius 1 is 1.21 bits per heavy atom. The summed E-state index contributed by atoms with van der Waals surface area (Å²) in [5.41, 5.74) is -0.610. The molecule has 150 valence electrons. The maximum Gasteiger partial charge on any atom is 0.250 e. The fourth-order valence-corrected chi connectivity index (χ4v) is 5.59. The lowest BCUT2D eigenvalue weighted by molar-refractivity contribution is -0.147. The van der Waals surface area contributed by atoms with Gasteiger partial charge in [0.2, 0.25) is 17.7 Å². The second kappa shape index (κ2) is 6.47. The van der Waals surface area contributed by atoms with Crippen LogP contribution in [0.1, 0.15) is 32.8 Å². The third-order valence-corrected chi connectivity index (χ3v) is 6.86.